The maximum Gasteiger partial charge on any atom is 0.272 e. The van der Waals surface area contributed by atoms with Crippen molar-refractivity contribution in [2.45, 2.75) is 26.7 Å². The molecule has 2 N–H and O–H groups in total. The van der Waals surface area contributed by atoms with Crippen molar-refractivity contribution in [3.8, 4) is 5.75 Å². The number of imidazole rings is 1. The third kappa shape index (κ3) is 4.14. The van der Waals surface area contributed by atoms with Gasteiger partial charge in [0.25, 0.3) is 11.8 Å². The Morgan fingerprint density at radius 1 is 1.18 bits per heavy atom. The standard InChI is InChI=1S/C21H24N4O3/c1-4-5-11-22-21(27)18-19(23-17-10-9-14(2)13-25(17)18)24-20(26)15-7-6-8-16(12-15)28-3/h6-10,12-13H,4-5,11H2,1-3H3,(H,22,27)(H,24,26). The van der Waals surface area contributed by atoms with Gasteiger partial charge >= 0.3 is 0 Å². The molecule has 0 saturated heterocycles. The summed E-state index contributed by atoms with van der Waals surface area (Å²) in [5.41, 5.74) is 2.31. The molecule has 2 amide bonds. The highest BCUT2D eigenvalue weighted by Gasteiger charge is 2.21. The largest absolute Gasteiger partial charge is 0.497 e. The predicted molar refractivity (Wildman–Crippen MR) is 108 cm³/mol. The van der Waals surface area contributed by atoms with Crippen molar-refractivity contribution in [2.24, 2.45) is 0 Å². The molecule has 0 aliphatic heterocycles. The number of aryl methyl sites for hydroxylation is 1. The zero-order valence-electron chi connectivity index (χ0n) is 16.3. The molecule has 0 bridgehead atoms. The molecule has 28 heavy (non-hydrogen) atoms. The van der Waals surface area contributed by atoms with E-state index in [1.54, 1.807) is 35.8 Å². The number of nitrogens with one attached hydrogen (secondary N) is 2. The zero-order valence-corrected chi connectivity index (χ0v) is 16.3. The lowest BCUT2D eigenvalue weighted by atomic mass is 10.2. The van der Waals surface area contributed by atoms with Crippen LogP contribution in [0.3, 0.4) is 0 Å². The van der Waals surface area contributed by atoms with Crippen molar-refractivity contribution in [1.29, 1.82) is 0 Å². The SMILES string of the molecule is CCCCNC(=O)c1c(NC(=O)c2cccc(OC)c2)nc2ccc(C)cn12. The van der Waals surface area contributed by atoms with Gasteiger partial charge in [0.05, 0.1) is 7.11 Å². The van der Waals surface area contributed by atoms with E-state index in [0.717, 1.165) is 18.4 Å². The van der Waals surface area contributed by atoms with E-state index < -0.39 is 0 Å². The number of hydrogen-bond donors (Lipinski definition) is 2. The third-order valence-electron chi connectivity index (χ3n) is 4.36. The fourth-order valence-electron chi connectivity index (χ4n) is 2.86. The molecule has 146 valence electrons. The number of ether oxygens (including phenoxy) is 1. The van der Waals surface area contributed by atoms with Gasteiger partial charge < -0.3 is 15.4 Å². The van der Waals surface area contributed by atoms with Crippen LogP contribution in [0.2, 0.25) is 0 Å². The summed E-state index contributed by atoms with van der Waals surface area (Å²) in [5.74, 6) is 0.178. The lowest BCUT2D eigenvalue weighted by Crippen LogP contribution is -2.27. The second-order valence-electron chi connectivity index (χ2n) is 6.54. The van der Waals surface area contributed by atoms with Crippen LogP contribution >= 0.6 is 0 Å². The maximum absolute atomic E-state index is 12.8. The number of rotatable bonds is 7. The Morgan fingerprint density at radius 2 is 2.00 bits per heavy atom. The van der Waals surface area contributed by atoms with Gasteiger partial charge in [-0.05, 0) is 43.2 Å². The summed E-state index contributed by atoms with van der Waals surface area (Å²) in [6.07, 6.45) is 3.69. The molecule has 0 fully saturated rings. The Labute approximate surface area is 163 Å². The van der Waals surface area contributed by atoms with Crippen molar-refractivity contribution in [1.82, 2.24) is 14.7 Å². The molecule has 0 saturated carbocycles. The van der Waals surface area contributed by atoms with Crippen LogP contribution in [0.5, 0.6) is 5.75 Å². The first kappa shape index (κ1) is 19.4. The Hall–Kier alpha value is -3.35. The molecule has 7 nitrogen and oxygen atoms in total. The number of aromatic nitrogens is 2. The molecular formula is C21H24N4O3. The average molecular weight is 380 g/mol. The van der Waals surface area contributed by atoms with E-state index in [4.69, 9.17) is 4.74 Å². The van der Waals surface area contributed by atoms with Gasteiger partial charge in [0.15, 0.2) is 11.5 Å². The summed E-state index contributed by atoms with van der Waals surface area (Å²) in [6.45, 7) is 4.56. The van der Waals surface area contributed by atoms with Crippen LogP contribution in [0.15, 0.2) is 42.6 Å². The first-order valence-electron chi connectivity index (χ1n) is 9.25. The first-order valence-corrected chi connectivity index (χ1v) is 9.25. The van der Waals surface area contributed by atoms with Crippen molar-refractivity contribution >= 4 is 23.3 Å². The van der Waals surface area contributed by atoms with Gasteiger partial charge in [-0.15, -0.1) is 0 Å². The fraction of sp³-hybridized carbons (Fsp3) is 0.286. The van der Waals surface area contributed by atoms with Gasteiger partial charge in [-0.1, -0.05) is 25.5 Å². The van der Waals surface area contributed by atoms with Crippen LogP contribution in [0.1, 0.15) is 46.2 Å². The molecule has 0 aliphatic carbocycles. The normalized spacial score (nSPS) is 10.7. The number of anilines is 1. The van der Waals surface area contributed by atoms with E-state index in [2.05, 4.69) is 22.5 Å². The minimum Gasteiger partial charge on any atom is -0.497 e. The summed E-state index contributed by atoms with van der Waals surface area (Å²) in [7, 11) is 1.54. The number of amides is 2. The number of nitrogens with zero attached hydrogens (tertiary/aromatic N) is 2. The van der Waals surface area contributed by atoms with Crippen LogP contribution in [-0.4, -0.2) is 34.9 Å². The number of pyridine rings is 1. The molecule has 0 spiro atoms. The minimum atomic E-state index is -0.360. The Morgan fingerprint density at radius 3 is 2.75 bits per heavy atom. The minimum absolute atomic E-state index is 0.229. The van der Waals surface area contributed by atoms with Crippen LogP contribution in [0, 0.1) is 6.92 Å². The Bertz CT molecular complexity index is 1010. The second kappa shape index (κ2) is 8.56. The summed E-state index contributed by atoms with van der Waals surface area (Å²) in [6, 6.07) is 10.5. The van der Waals surface area contributed by atoms with Crippen molar-refractivity contribution in [3.05, 3.63) is 59.4 Å². The van der Waals surface area contributed by atoms with Crippen molar-refractivity contribution in [3.63, 3.8) is 0 Å². The number of benzene rings is 1. The lowest BCUT2D eigenvalue weighted by Gasteiger charge is -2.08. The van der Waals surface area contributed by atoms with Gasteiger partial charge in [-0.2, -0.15) is 0 Å². The van der Waals surface area contributed by atoms with E-state index in [9.17, 15) is 9.59 Å². The van der Waals surface area contributed by atoms with Crippen LogP contribution in [0.25, 0.3) is 5.65 Å². The number of fused-ring (bicyclic) bond motifs is 1. The van der Waals surface area contributed by atoms with Gasteiger partial charge in [0.1, 0.15) is 11.4 Å². The lowest BCUT2D eigenvalue weighted by molar-refractivity contribution is 0.0948. The Kier molecular flexibility index (Phi) is 5.93. The Balaban J connectivity index is 1.96. The molecule has 7 heteroatoms. The summed E-state index contributed by atoms with van der Waals surface area (Å²) in [5, 5.41) is 5.67. The van der Waals surface area contributed by atoms with E-state index in [1.165, 1.54) is 0 Å². The molecule has 3 aromatic rings. The maximum atomic E-state index is 12.8. The number of unbranched alkanes of at least 4 members (excludes halogenated alkanes) is 1. The molecule has 2 aromatic heterocycles. The summed E-state index contributed by atoms with van der Waals surface area (Å²) in [4.78, 5) is 30.0. The summed E-state index contributed by atoms with van der Waals surface area (Å²) < 4.78 is 6.88. The third-order valence-corrected chi connectivity index (χ3v) is 4.36. The fourth-order valence-corrected chi connectivity index (χ4v) is 2.86. The zero-order chi connectivity index (χ0) is 20.1. The van der Waals surface area contributed by atoms with Crippen molar-refractivity contribution < 1.29 is 14.3 Å². The molecule has 3 rings (SSSR count). The quantitative estimate of drug-likeness (QED) is 0.615. The van der Waals surface area contributed by atoms with Crippen LogP contribution < -0.4 is 15.4 Å². The van der Waals surface area contributed by atoms with E-state index in [-0.39, 0.29) is 17.6 Å². The molecule has 1 aromatic carbocycles. The van der Waals surface area contributed by atoms with Gasteiger partial charge in [0.2, 0.25) is 0 Å². The highest BCUT2D eigenvalue weighted by molar-refractivity contribution is 6.08. The number of methoxy groups -OCH3 is 1. The van der Waals surface area contributed by atoms with Gasteiger partial charge in [-0.25, -0.2) is 4.98 Å². The molecule has 0 unspecified atom stereocenters. The van der Waals surface area contributed by atoms with E-state index in [0.29, 0.717) is 29.2 Å². The molecule has 0 atom stereocenters. The average Bonchev–Trinajstić information content (AvgIpc) is 3.05. The van der Waals surface area contributed by atoms with Crippen LogP contribution in [-0.2, 0) is 0 Å². The second-order valence-corrected chi connectivity index (χ2v) is 6.54. The van der Waals surface area contributed by atoms with Crippen molar-refractivity contribution in [2.75, 3.05) is 19.0 Å². The molecule has 0 aliphatic rings. The van der Waals surface area contributed by atoms with Crippen LogP contribution in [0.4, 0.5) is 5.82 Å². The van der Waals surface area contributed by atoms with E-state index in [1.807, 2.05) is 25.3 Å². The number of carbonyl (C=O) groups is 2. The van der Waals surface area contributed by atoms with E-state index >= 15 is 0 Å². The topological polar surface area (TPSA) is 84.7 Å². The highest BCUT2D eigenvalue weighted by Crippen LogP contribution is 2.21. The smallest absolute Gasteiger partial charge is 0.272 e. The van der Waals surface area contributed by atoms with Gasteiger partial charge in [-0.3, -0.25) is 14.0 Å². The number of hydrogen-bond acceptors (Lipinski definition) is 4. The molecular weight excluding hydrogens is 356 g/mol. The number of carbonyl (C=O) groups excluding carboxylic acids is 2. The molecule has 0 radical (unpaired) electrons. The highest BCUT2D eigenvalue weighted by atomic mass is 16.5. The first-order chi connectivity index (χ1) is 13.5. The predicted octanol–water partition coefficient (Wildman–Crippen LogP) is 3.43. The van der Waals surface area contributed by atoms with Gasteiger partial charge in [0, 0.05) is 18.3 Å². The summed E-state index contributed by atoms with van der Waals surface area (Å²) >= 11 is 0. The molecule has 2 heterocycles. The monoisotopic (exact) mass is 380 g/mol.